The topological polar surface area (TPSA) is 384 Å². The number of phenolic OH excluding ortho intramolecular Hbond substituents is 1. The fourth-order valence-corrected chi connectivity index (χ4v) is 12.2. The standard InChI is InChI=1S/C61H78N12O13S/c1-2-28-86-40-11-3-4-12-41-42(31-40)57(72-71-56(41)44-14-7-8-25-64-44)45-22-19-37(34-66-45)29-39(75)10-9-16-52(77)65-26-27-73-54(79)33-50(61(73)85)87-35-48-60(84)68-43(13-5-6-15-51(62)63)49(76)23-24-53(78)67-47(32-55(80)81)59(83)69-46(58(82)70-48)30-36-17-20-38(74)21-18-36/h7-8,14,17-22,25,34,40-43,46-48,50,74H,2-6,9-13,15-16,23-24,26-33,35H2,1H3,(H3,62,63)(H,65,77)(H,67,78)(H,68,84)(H,69,83)(H,70,82)(H,80,81)/t40?,41?,42?,43-,46+,47-,48-,50?/m0/s1. The number of phenols is 1. The average molecular weight is 1220 g/mol. The number of amides is 7. The Morgan fingerprint density at radius 2 is 1.48 bits per heavy atom. The third kappa shape index (κ3) is 20.2. The molecule has 1 aromatic carbocycles. The summed E-state index contributed by atoms with van der Waals surface area (Å²) in [7, 11) is 0. The van der Waals surface area contributed by atoms with Gasteiger partial charge in [-0.05, 0) is 86.4 Å². The van der Waals surface area contributed by atoms with Gasteiger partial charge in [0.2, 0.25) is 41.4 Å². The zero-order valence-corrected chi connectivity index (χ0v) is 49.7. The van der Waals surface area contributed by atoms with Gasteiger partial charge in [0.25, 0.3) is 0 Å². The minimum atomic E-state index is -1.68. The number of carboxylic acid groups (broad SMARTS) is 1. The summed E-state index contributed by atoms with van der Waals surface area (Å²) >= 11 is 0.885. The van der Waals surface area contributed by atoms with E-state index < -0.39 is 102 Å². The molecule has 3 aliphatic heterocycles. The van der Waals surface area contributed by atoms with Crippen molar-refractivity contribution in [3.63, 3.8) is 0 Å². The Morgan fingerprint density at radius 3 is 2.20 bits per heavy atom. The number of fused-ring (bicyclic) bond motifs is 1. The van der Waals surface area contributed by atoms with Crippen molar-refractivity contribution in [1.29, 1.82) is 5.41 Å². The Labute approximate surface area is 508 Å². The van der Waals surface area contributed by atoms with E-state index in [0.29, 0.717) is 36.3 Å². The smallest absolute Gasteiger partial charge is 0.305 e. The molecule has 1 aliphatic carbocycles. The summed E-state index contributed by atoms with van der Waals surface area (Å²) in [5.74, 6) is -7.78. The van der Waals surface area contributed by atoms with Crippen LogP contribution in [-0.2, 0) is 65.5 Å². The number of hydrogen-bond donors (Lipinski definition) is 9. The molecule has 3 fully saturated rings. The highest BCUT2D eigenvalue weighted by Crippen LogP contribution is 2.37. The van der Waals surface area contributed by atoms with E-state index in [1.807, 2.05) is 30.3 Å². The monoisotopic (exact) mass is 1220 g/mol. The summed E-state index contributed by atoms with van der Waals surface area (Å²) in [6.07, 6.45) is 8.35. The zero-order chi connectivity index (χ0) is 62.4. The van der Waals surface area contributed by atoms with Gasteiger partial charge in [0.15, 0.2) is 5.78 Å². The molecule has 0 bridgehead atoms. The molecule has 2 saturated heterocycles. The van der Waals surface area contributed by atoms with Crippen molar-refractivity contribution in [2.24, 2.45) is 27.8 Å². The SMILES string of the molecule is CCCOC1CCCCC2C(c3ccccn3)=NN=C(c3ccc(CC(=O)CCCC(=O)NCCN4C(=O)CC(SC[C@@H]5NC(=O)[C@@H](Cc6ccc(O)cc6)NC(=O)[C@H](CC(=O)O)NC(=O)CCC(=O)[C@H](CCCCC(=N)N)NC5=O)C4=O)cn3)C2C1. The Balaban J connectivity index is 0.930. The van der Waals surface area contributed by atoms with Gasteiger partial charge < -0.3 is 47.3 Å². The number of rotatable bonds is 26. The molecule has 466 valence electrons. The number of nitrogens with one attached hydrogen (secondary N) is 6. The number of imide groups is 1. The largest absolute Gasteiger partial charge is 0.508 e. The van der Waals surface area contributed by atoms with Crippen molar-refractivity contribution in [3.8, 4) is 5.75 Å². The molecule has 10 N–H and O–H groups in total. The van der Waals surface area contributed by atoms with Crippen LogP contribution in [0.1, 0.15) is 139 Å². The predicted molar refractivity (Wildman–Crippen MR) is 321 cm³/mol. The molecule has 26 heteroatoms. The number of pyridine rings is 2. The van der Waals surface area contributed by atoms with Gasteiger partial charge in [0.1, 0.15) is 29.7 Å². The number of aliphatic carboxylic acids is 1. The van der Waals surface area contributed by atoms with Gasteiger partial charge in [0, 0.05) is 101 Å². The maximum atomic E-state index is 14.3. The minimum absolute atomic E-state index is 0.00704. The highest BCUT2D eigenvalue weighted by atomic mass is 32.2. The molecule has 4 unspecified atom stereocenters. The minimum Gasteiger partial charge on any atom is -0.508 e. The van der Waals surface area contributed by atoms with Gasteiger partial charge in [-0.1, -0.05) is 50.5 Å². The number of carboxylic acids is 1. The number of ketones is 2. The van der Waals surface area contributed by atoms with E-state index in [1.54, 1.807) is 12.4 Å². The van der Waals surface area contributed by atoms with E-state index in [4.69, 9.17) is 31.1 Å². The Morgan fingerprint density at radius 1 is 0.782 bits per heavy atom. The Kier molecular flexibility index (Phi) is 25.2. The molecule has 2 aromatic heterocycles. The molecule has 7 rings (SSSR count). The first-order valence-corrected chi connectivity index (χ1v) is 30.8. The lowest BCUT2D eigenvalue weighted by molar-refractivity contribution is -0.141. The van der Waals surface area contributed by atoms with Crippen molar-refractivity contribution in [1.82, 2.24) is 41.5 Å². The van der Waals surface area contributed by atoms with Crippen molar-refractivity contribution in [2.45, 2.75) is 164 Å². The lowest BCUT2D eigenvalue weighted by atomic mass is 9.73. The third-order valence-corrected chi connectivity index (χ3v) is 16.9. The highest BCUT2D eigenvalue weighted by molar-refractivity contribution is 8.00. The van der Waals surface area contributed by atoms with Crippen LogP contribution in [0.4, 0.5) is 0 Å². The summed E-state index contributed by atoms with van der Waals surface area (Å²) < 4.78 is 6.32. The number of nitrogens with two attached hydrogens (primary N) is 1. The number of benzene rings is 1. The summed E-state index contributed by atoms with van der Waals surface area (Å²) in [6, 6.07) is 9.28. The lowest BCUT2D eigenvalue weighted by Gasteiger charge is -2.35. The molecule has 87 heavy (non-hydrogen) atoms. The molecule has 8 atom stereocenters. The molecule has 4 aliphatic rings. The van der Waals surface area contributed by atoms with Crippen LogP contribution in [0.25, 0.3) is 0 Å². The highest BCUT2D eigenvalue weighted by Gasteiger charge is 2.42. The van der Waals surface area contributed by atoms with E-state index in [0.717, 1.165) is 72.3 Å². The number of thioether (sulfide) groups is 1. The molecular formula is C61H78N12O13S. The van der Waals surface area contributed by atoms with E-state index in [2.05, 4.69) is 38.5 Å². The number of nitrogens with zero attached hydrogens (tertiary/aromatic N) is 5. The number of hydrogen-bond acceptors (Lipinski definition) is 18. The van der Waals surface area contributed by atoms with Crippen molar-refractivity contribution in [2.75, 3.05) is 25.4 Å². The quantitative estimate of drug-likeness (QED) is 0.0241. The summed E-state index contributed by atoms with van der Waals surface area (Å²) in [6.45, 7) is 2.53. The first-order valence-electron chi connectivity index (χ1n) is 29.8. The molecule has 3 aromatic rings. The van der Waals surface area contributed by atoms with Crippen LogP contribution >= 0.6 is 11.8 Å². The van der Waals surface area contributed by atoms with Crippen LogP contribution in [0.3, 0.4) is 0 Å². The maximum absolute atomic E-state index is 14.3. The van der Waals surface area contributed by atoms with Gasteiger partial charge in [-0.3, -0.25) is 68.2 Å². The van der Waals surface area contributed by atoms with Gasteiger partial charge in [-0.2, -0.15) is 10.2 Å². The number of ether oxygens (including phenoxy) is 1. The first-order chi connectivity index (χ1) is 41.8. The van der Waals surface area contributed by atoms with Crippen molar-refractivity contribution >= 4 is 87.9 Å². The van der Waals surface area contributed by atoms with E-state index in [9.17, 15) is 58.2 Å². The molecule has 5 heterocycles. The fourth-order valence-electron chi connectivity index (χ4n) is 11.0. The van der Waals surface area contributed by atoms with E-state index >= 15 is 0 Å². The van der Waals surface area contributed by atoms with Gasteiger partial charge in [-0.15, -0.1) is 11.8 Å². The van der Waals surface area contributed by atoms with Crippen LogP contribution in [-0.4, -0.2) is 162 Å². The van der Waals surface area contributed by atoms with Gasteiger partial charge in [0.05, 0.1) is 52.5 Å². The maximum Gasteiger partial charge on any atom is 0.305 e. The molecule has 7 amide bonds. The zero-order valence-electron chi connectivity index (χ0n) is 48.8. The molecule has 0 radical (unpaired) electrons. The Bertz CT molecular complexity index is 3030. The number of amidine groups is 1. The molecular weight excluding hydrogens is 1140 g/mol. The second-order valence-electron chi connectivity index (χ2n) is 22.3. The van der Waals surface area contributed by atoms with Crippen LogP contribution in [0.5, 0.6) is 5.75 Å². The van der Waals surface area contributed by atoms with E-state index in [1.165, 1.54) is 24.3 Å². The van der Waals surface area contributed by atoms with Crippen LogP contribution in [0.2, 0.25) is 0 Å². The number of aromatic nitrogens is 2. The molecule has 25 nitrogen and oxygen atoms in total. The average Bonchev–Trinajstić information content (AvgIpc) is 1.71. The first kappa shape index (κ1) is 66.3. The fraction of sp³-hybridized carbons (Fsp3) is 0.525. The molecule has 1 saturated carbocycles. The summed E-state index contributed by atoms with van der Waals surface area (Å²) in [5, 5.41) is 48.4. The Hall–Kier alpha value is -8.26. The second kappa shape index (κ2) is 33.0. The number of aromatic hydroxyl groups is 1. The predicted octanol–water partition coefficient (Wildman–Crippen LogP) is 3.16. The summed E-state index contributed by atoms with van der Waals surface area (Å²) in [4.78, 5) is 144. The van der Waals surface area contributed by atoms with Gasteiger partial charge >= 0.3 is 5.97 Å². The lowest BCUT2D eigenvalue weighted by Crippen LogP contribution is -2.58. The third-order valence-electron chi connectivity index (χ3n) is 15.6. The normalized spacial score (nSPS) is 23.2. The van der Waals surface area contributed by atoms with Crippen LogP contribution < -0.4 is 32.3 Å². The number of Topliss-reactive ketones (excluding diaryl/α,β-unsaturated/α-hetero) is 2. The van der Waals surface area contributed by atoms with Gasteiger partial charge in [-0.25, -0.2) is 0 Å². The van der Waals surface area contributed by atoms with Crippen molar-refractivity contribution < 1.29 is 62.9 Å². The number of carbonyl (C=O) groups excluding carboxylic acids is 9. The van der Waals surface area contributed by atoms with Crippen LogP contribution in [0.15, 0.2) is 77.2 Å². The van der Waals surface area contributed by atoms with Crippen LogP contribution in [0, 0.1) is 17.2 Å². The number of unbranched alkanes of at least 4 members (excludes halogenated alkanes) is 1. The molecule has 0 spiro atoms. The van der Waals surface area contributed by atoms with Crippen molar-refractivity contribution in [3.05, 3.63) is 89.5 Å². The van der Waals surface area contributed by atoms with E-state index in [-0.39, 0.29) is 106 Å². The number of carbonyl (C=O) groups is 10. The second-order valence-corrected chi connectivity index (χ2v) is 23.5. The summed E-state index contributed by atoms with van der Waals surface area (Å²) in [5.41, 5.74) is 9.82. The number of likely N-dealkylation sites (tertiary alicyclic amines) is 1.